The zero-order chi connectivity index (χ0) is 6.69. The monoisotopic (exact) mass is 126 g/mol. The zero-order valence-electron chi connectivity index (χ0n) is 4.89. The molecule has 1 heterocycles. The van der Waals surface area contributed by atoms with Gasteiger partial charge in [0, 0.05) is 7.05 Å². The standard InChI is InChI=1S/C4H6N4O/c1-8-3-4(2-5-9)6-7-8/h2-3,9H,1H3/b5-2+. The van der Waals surface area contributed by atoms with E-state index < -0.39 is 0 Å². The molecule has 48 valence electrons. The molecule has 0 amide bonds. The molecule has 0 aromatic carbocycles. The van der Waals surface area contributed by atoms with Crippen LogP contribution in [0.15, 0.2) is 11.4 Å². The predicted octanol–water partition coefficient (Wildman–Crippen LogP) is -0.377. The van der Waals surface area contributed by atoms with E-state index in [9.17, 15) is 0 Å². The number of hydrogen-bond acceptors (Lipinski definition) is 4. The Bertz CT molecular complexity index is 216. The molecule has 0 spiro atoms. The highest BCUT2D eigenvalue weighted by Crippen LogP contribution is 1.83. The summed E-state index contributed by atoms with van der Waals surface area (Å²) in [6, 6.07) is 0. The summed E-state index contributed by atoms with van der Waals surface area (Å²) in [5.74, 6) is 0. The van der Waals surface area contributed by atoms with Crippen molar-refractivity contribution < 1.29 is 5.21 Å². The maximum atomic E-state index is 8.02. The van der Waals surface area contributed by atoms with Crippen molar-refractivity contribution in [3.8, 4) is 0 Å². The lowest BCUT2D eigenvalue weighted by Gasteiger charge is -1.76. The van der Waals surface area contributed by atoms with Crippen molar-refractivity contribution >= 4 is 6.21 Å². The van der Waals surface area contributed by atoms with Gasteiger partial charge in [-0.1, -0.05) is 10.4 Å². The summed E-state index contributed by atoms with van der Waals surface area (Å²) in [7, 11) is 1.74. The normalized spacial score (nSPS) is 10.8. The Labute approximate surface area is 51.6 Å². The summed E-state index contributed by atoms with van der Waals surface area (Å²) in [6.45, 7) is 0. The third-order valence-electron chi connectivity index (χ3n) is 0.810. The fourth-order valence-corrected chi connectivity index (χ4v) is 0.484. The molecule has 1 aromatic rings. The smallest absolute Gasteiger partial charge is 0.127 e. The number of nitrogens with zero attached hydrogens (tertiary/aromatic N) is 4. The molecule has 1 N–H and O–H groups in total. The minimum atomic E-state index is 0.542. The van der Waals surface area contributed by atoms with E-state index in [4.69, 9.17) is 5.21 Å². The average Bonchev–Trinajstić information content (AvgIpc) is 2.17. The second kappa shape index (κ2) is 2.25. The number of rotatable bonds is 1. The number of aromatic nitrogens is 3. The molecule has 1 aromatic heterocycles. The molecule has 1 rings (SSSR count). The van der Waals surface area contributed by atoms with Gasteiger partial charge in [-0.2, -0.15) is 0 Å². The summed E-state index contributed by atoms with van der Waals surface area (Å²) >= 11 is 0. The average molecular weight is 126 g/mol. The van der Waals surface area contributed by atoms with Gasteiger partial charge in [0.05, 0.1) is 12.4 Å². The largest absolute Gasteiger partial charge is 0.411 e. The van der Waals surface area contributed by atoms with Crippen LogP contribution in [0.5, 0.6) is 0 Å². The van der Waals surface area contributed by atoms with E-state index in [0.29, 0.717) is 5.69 Å². The first kappa shape index (κ1) is 5.74. The summed E-state index contributed by atoms with van der Waals surface area (Å²) in [5, 5.41) is 18.0. The SMILES string of the molecule is Cn1cc(/C=N/O)nn1. The topological polar surface area (TPSA) is 63.3 Å². The molecule has 0 aliphatic rings. The van der Waals surface area contributed by atoms with Crippen molar-refractivity contribution in [2.24, 2.45) is 12.2 Å². The quantitative estimate of drug-likeness (QED) is 0.317. The highest BCUT2D eigenvalue weighted by Gasteiger charge is 1.90. The van der Waals surface area contributed by atoms with Crippen LogP contribution in [0.2, 0.25) is 0 Å². The molecular weight excluding hydrogens is 120 g/mol. The molecule has 5 nitrogen and oxygen atoms in total. The summed E-state index contributed by atoms with van der Waals surface area (Å²) in [5.41, 5.74) is 0.542. The second-order valence-electron chi connectivity index (χ2n) is 1.56. The lowest BCUT2D eigenvalue weighted by Crippen LogP contribution is -1.85. The van der Waals surface area contributed by atoms with Crippen LogP contribution in [-0.4, -0.2) is 26.4 Å². The van der Waals surface area contributed by atoms with Crippen molar-refractivity contribution in [2.45, 2.75) is 0 Å². The van der Waals surface area contributed by atoms with E-state index in [1.165, 1.54) is 10.9 Å². The van der Waals surface area contributed by atoms with E-state index in [1.54, 1.807) is 13.2 Å². The summed E-state index contributed by atoms with van der Waals surface area (Å²) < 4.78 is 1.52. The summed E-state index contributed by atoms with van der Waals surface area (Å²) in [6.07, 6.45) is 2.85. The maximum Gasteiger partial charge on any atom is 0.127 e. The minimum Gasteiger partial charge on any atom is -0.411 e. The molecule has 0 fully saturated rings. The van der Waals surface area contributed by atoms with Crippen LogP contribution in [0.25, 0.3) is 0 Å². The molecule has 5 heteroatoms. The Morgan fingerprint density at radius 2 is 2.67 bits per heavy atom. The van der Waals surface area contributed by atoms with Crippen molar-refractivity contribution in [1.29, 1.82) is 0 Å². The number of hydrogen-bond donors (Lipinski definition) is 1. The van der Waals surface area contributed by atoms with E-state index in [2.05, 4.69) is 15.5 Å². The van der Waals surface area contributed by atoms with Crippen molar-refractivity contribution in [3.05, 3.63) is 11.9 Å². The van der Waals surface area contributed by atoms with E-state index >= 15 is 0 Å². The molecular formula is C4H6N4O. The molecule has 0 atom stereocenters. The Morgan fingerprint density at radius 1 is 1.89 bits per heavy atom. The fourth-order valence-electron chi connectivity index (χ4n) is 0.484. The van der Waals surface area contributed by atoms with Crippen molar-refractivity contribution in [1.82, 2.24) is 15.0 Å². The molecule has 0 aliphatic heterocycles. The van der Waals surface area contributed by atoms with E-state index in [0.717, 1.165) is 0 Å². The lowest BCUT2D eigenvalue weighted by molar-refractivity contribution is 0.321. The van der Waals surface area contributed by atoms with Crippen molar-refractivity contribution in [3.63, 3.8) is 0 Å². The zero-order valence-corrected chi connectivity index (χ0v) is 4.89. The highest BCUT2D eigenvalue weighted by molar-refractivity contribution is 5.75. The molecule has 0 aliphatic carbocycles. The molecule has 0 bridgehead atoms. The minimum absolute atomic E-state index is 0.542. The van der Waals surface area contributed by atoms with Crippen LogP contribution in [0.1, 0.15) is 5.69 Å². The van der Waals surface area contributed by atoms with Gasteiger partial charge in [0.1, 0.15) is 5.69 Å². The van der Waals surface area contributed by atoms with Crippen LogP contribution in [0.4, 0.5) is 0 Å². The van der Waals surface area contributed by atoms with Gasteiger partial charge < -0.3 is 5.21 Å². The van der Waals surface area contributed by atoms with Gasteiger partial charge in [-0.05, 0) is 0 Å². The van der Waals surface area contributed by atoms with Gasteiger partial charge >= 0.3 is 0 Å². The van der Waals surface area contributed by atoms with Gasteiger partial charge in [-0.3, -0.25) is 4.68 Å². The number of oxime groups is 1. The molecule has 0 saturated heterocycles. The Hall–Kier alpha value is -1.39. The molecule has 0 radical (unpaired) electrons. The van der Waals surface area contributed by atoms with Gasteiger partial charge in [0.25, 0.3) is 0 Å². The van der Waals surface area contributed by atoms with Crippen LogP contribution >= 0.6 is 0 Å². The molecule has 0 unspecified atom stereocenters. The van der Waals surface area contributed by atoms with Crippen LogP contribution in [0.3, 0.4) is 0 Å². The first-order chi connectivity index (χ1) is 4.33. The van der Waals surface area contributed by atoms with Gasteiger partial charge in [-0.15, -0.1) is 5.10 Å². The van der Waals surface area contributed by atoms with Crippen LogP contribution in [0, 0.1) is 0 Å². The fraction of sp³-hybridized carbons (Fsp3) is 0.250. The van der Waals surface area contributed by atoms with Gasteiger partial charge in [0.2, 0.25) is 0 Å². The first-order valence-corrected chi connectivity index (χ1v) is 2.36. The van der Waals surface area contributed by atoms with Gasteiger partial charge in [-0.25, -0.2) is 0 Å². The van der Waals surface area contributed by atoms with E-state index in [1.807, 2.05) is 0 Å². The summed E-state index contributed by atoms with van der Waals surface area (Å²) in [4.78, 5) is 0. The predicted molar refractivity (Wildman–Crippen MR) is 30.4 cm³/mol. The number of aryl methyl sites for hydroxylation is 1. The van der Waals surface area contributed by atoms with Gasteiger partial charge in [0.15, 0.2) is 0 Å². The second-order valence-corrected chi connectivity index (χ2v) is 1.56. The Morgan fingerprint density at radius 3 is 3.11 bits per heavy atom. The Kier molecular flexibility index (Phi) is 1.44. The van der Waals surface area contributed by atoms with E-state index in [-0.39, 0.29) is 0 Å². The molecule has 0 saturated carbocycles. The third kappa shape index (κ3) is 1.25. The first-order valence-electron chi connectivity index (χ1n) is 2.36. The van der Waals surface area contributed by atoms with Crippen molar-refractivity contribution in [2.75, 3.05) is 0 Å². The molecule has 9 heavy (non-hydrogen) atoms. The maximum absolute atomic E-state index is 8.02. The Balaban J connectivity index is 2.85. The third-order valence-corrected chi connectivity index (χ3v) is 0.810. The van der Waals surface area contributed by atoms with Crippen LogP contribution < -0.4 is 0 Å². The lowest BCUT2D eigenvalue weighted by atomic mass is 10.5. The highest BCUT2D eigenvalue weighted by atomic mass is 16.4. The van der Waals surface area contributed by atoms with Crippen LogP contribution in [-0.2, 0) is 7.05 Å².